The Balaban J connectivity index is 1.88. The van der Waals surface area contributed by atoms with Crippen molar-refractivity contribution in [3.63, 3.8) is 0 Å². The Morgan fingerprint density at radius 3 is 2.69 bits per heavy atom. The van der Waals surface area contributed by atoms with Crippen LogP contribution in [0.25, 0.3) is 22.2 Å². The fourth-order valence-corrected chi connectivity index (χ4v) is 5.39. The number of alkyl halides is 3. The Bertz CT molecular complexity index is 1340. The molecule has 3 N–H and O–H groups in total. The highest BCUT2D eigenvalue weighted by Crippen LogP contribution is 2.47. The summed E-state index contributed by atoms with van der Waals surface area (Å²) in [6.45, 7) is 8.41. The number of nitrogen functional groups attached to an aromatic ring is 1. The van der Waals surface area contributed by atoms with E-state index in [1.807, 2.05) is 13.8 Å². The summed E-state index contributed by atoms with van der Waals surface area (Å²) in [4.78, 5) is 15.7. The van der Waals surface area contributed by atoms with Crippen LogP contribution in [0.5, 0.6) is 5.88 Å². The summed E-state index contributed by atoms with van der Waals surface area (Å²) in [7, 11) is 0. The molecule has 7 nitrogen and oxygen atoms in total. The highest BCUT2D eigenvalue weighted by Gasteiger charge is 2.41. The molecule has 3 aromatic rings. The van der Waals surface area contributed by atoms with Crippen LogP contribution in [-0.4, -0.2) is 46.2 Å². The number of nitrogens with one attached hydrogen (secondary N) is 1. The Labute approximate surface area is 206 Å². The molecule has 0 aliphatic carbocycles. The van der Waals surface area contributed by atoms with Gasteiger partial charge in [0.05, 0.1) is 34.1 Å². The lowest BCUT2D eigenvalue weighted by molar-refractivity contribution is -0.137. The second kappa shape index (κ2) is 8.72. The molecule has 36 heavy (non-hydrogen) atoms. The molecule has 0 amide bonds. The number of nitrogens with two attached hydrogens (primary N) is 1. The molecule has 4 heterocycles. The highest BCUT2D eigenvalue weighted by atomic mass is 19.4. The van der Waals surface area contributed by atoms with Crippen LogP contribution in [0.3, 0.4) is 0 Å². The number of fused-ring (bicyclic) bond motifs is 2. The fraction of sp³-hybridized carbons (Fsp3) is 0.480. The maximum atomic E-state index is 15.5. The number of halogens is 4. The van der Waals surface area contributed by atoms with E-state index >= 15 is 4.39 Å². The average molecular weight is 505 g/mol. The minimum Gasteiger partial charge on any atom is -0.472 e. The van der Waals surface area contributed by atoms with Gasteiger partial charge in [0.2, 0.25) is 5.88 Å². The Morgan fingerprint density at radius 2 is 2.00 bits per heavy atom. The van der Waals surface area contributed by atoms with E-state index in [1.54, 1.807) is 0 Å². The number of ether oxygens (including phenoxy) is 1. The van der Waals surface area contributed by atoms with Gasteiger partial charge in [-0.05, 0) is 38.8 Å². The van der Waals surface area contributed by atoms with Gasteiger partial charge in [0, 0.05) is 24.7 Å². The molecule has 0 saturated carbocycles. The van der Waals surface area contributed by atoms with Gasteiger partial charge in [-0.25, -0.2) is 19.3 Å². The van der Waals surface area contributed by atoms with Crippen molar-refractivity contribution in [3.8, 4) is 17.1 Å². The van der Waals surface area contributed by atoms with Crippen molar-refractivity contribution in [3.05, 3.63) is 34.9 Å². The zero-order valence-corrected chi connectivity index (χ0v) is 20.5. The van der Waals surface area contributed by atoms with Gasteiger partial charge in [0.1, 0.15) is 23.6 Å². The molecule has 0 radical (unpaired) electrons. The Morgan fingerprint density at radius 1 is 1.25 bits per heavy atom. The number of piperazine rings is 1. The normalized spacial score (nSPS) is 21.8. The van der Waals surface area contributed by atoms with Crippen LogP contribution >= 0.6 is 0 Å². The van der Waals surface area contributed by atoms with Gasteiger partial charge in [-0.3, -0.25) is 0 Å². The number of anilines is 2. The molecular formula is C25H28F4N6O. The lowest BCUT2D eigenvalue weighted by Crippen LogP contribution is -2.60. The Hall–Kier alpha value is -3.21. The van der Waals surface area contributed by atoms with Gasteiger partial charge in [-0.1, -0.05) is 13.3 Å². The summed E-state index contributed by atoms with van der Waals surface area (Å²) in [5, 5.41) is 3.97. The van der Waals surface area contributed by atoms with Crippen LogP contribution in [0.2, 0.25) is 0 Å². The van der Waals surface area contributed by atoms with Crippen LogP contribution in [0.1, 0.15) is 43.9 Å². The van der Waals surface area contributed by atoms with Crippen LogP contribution < -0.4 is 20.7 Å². The number of pyridine rings is 1. The number of benzene rings is 1. The first-order chi connectivity index (χ1) is 17.0. The van der Waals surface area contributed by atoms with Crippen molar-refractivity contribution in [1.29, 1.82) is 0 Å². The van der Waals surface area contributed by atoms with Crippen LogP contribution in [0.15, 0.2) is 12.4 Å². The number of hydrogen-bond acceptors (Lipinski definition) is 7. The smallest absolute Gasteiger partial charge is 0.417 e. The van der Waals surface area contributed by atoms with Crippen LogP contribution in [0, 0.1) is 12.7 Å². The third-order valence-corrected chi connectivity index (χ3v) is 6.99. The molecule has 2 aliphatic heterocycles. The van der Waals surface area contributed by atoms with Crippen molar-refractivity contribution in [2.45, 2.75) is 64.9 Å². The summed E-state index contributed by atoms with van der Waals surface area (Å²) in [6, 6.07) is 1.12. The van der Waals surface area contributed by atoms with Crippen LogP contribution in [-0.2, 0) is 12.6 Å². The van der Waals surface area contributed by atoms with Crippen molar-refractivity contribution < 1.29 is 22.3 Å². The predicted molar refractivity (Wildman–Crippen MR) is 130 cm³/mol. The number of rotatable bonds is 3. The first-order valence-corrected chi connectivity index (χ1v) is 12.0. The van der Waals surface area contributed by atoms with Gasteiger partial charge >= 0.3 is 6.18 Å². The molecule has 0 spiro atoms. The zero-order chi connectivity index (χ0) is 25.9. The minimum absolute atomic E-state index is 0.0799. The van der Waals surface area contributed by atoms with Gasteiger partial charge in [0.15, 0.2) is 5.82 Å². The van der Waals surface area contributed by atoms with Crippen molar-refractivity contribution >= 4 is 22.4 Å². The lowest BCUT2D eigenvalue weighted by atomic mass is 9.92. The van der Waals surface area contributed by atoms with Gasteiger partial charge in [0.25, 0.3) is 0 Å². The van der Waals surface area contributed by atoms with Crippen molar-refractivity contribution in [2.75, 3.05) is 23.7 Å². The number of hydrogen-bond donors (Lipinski definition) is 2. The summed E-state index contributed by atoms with van der Waals surface area (Å²) >= 11 is 0. The van der Waals surface area contributed by atoms with E-state index in [9.17, 15) is 13.2 Å². The van der Waals surface area contributed by atoms with Gasteiger partial charge < -0.3 is 20.7 Å². The summed E-state index contributed by atoms with van der Waals surface area (Å²) in [6.07, 6.45) is -2.88. The second-order valence-electron chi connectivity index (χ2n) is 9.61. The van der Waals surface area contributed by atoms with E-state index in [1.165, 1.54) is 13.3 Å². The molecule has 2 aromatic heterocycles. The molecule has 5 rings (SSSR count). The first kappa shape index (κ1) is 24.5. The van der Waals surface area contributed by atoms with E-state index in [0.29, 0.717) is 48.2 Å². The molecule has 2 aliphatic rings. The van der Waals surface area contributed by atoms with E-state index < -0.39 is 23.1 Å². The van der Waals surface area contributed by atoms with E-state index in [-0.39, 0.29) is 41.0 Å². The second-order valence-corrected chi connectivity index (χ2v) is 9.61. The maximum absolute atomic E-state index is 15.5. The first-order valence-electron chi connectivity index (χ1n) is 12.0. The molecule has 1 aromatic carbocycles. The molecule has 3 atom stereocenters. The average Bonchev–Trinajstić information content (AvgIpc) is 2.92. The Kier molecular flexibility index (Phi) is 5.93. The molecular weight excluding hydrogens is 476 g/mol. The number of aryl methyl sites for hydroxylation is 2. The van der Waals surface area contributed by atoms with Crippen LogP contribution in [0.4, 0.5) is 29.1 Å². The van der Waals surface area contributed by atoms with E-state index in [2.05, 4.69) is 32.1 Å². The molecule has 1 unspecified atom stereocenters. The lowest BCUT2D eigenvalue weighted by Gasteiger charge is -2.41. The van der Waals surface area contributed by atoms with E-state index in [0.717, 1.165) is 6.07 Å². The third-order valence-electron chi connectivity index (χ3n) is 6.99. The monoisotopic (exact) mass is 504 g/mol. The summed E-state index contributed by atoms with van der Waals surface area (Å²) < 4.78 is 64.5. The summed E-state index contributed by atoms with van der Waals surface area (Å²) in [5.74, 6) is -0.442. The van der Waals surface area contributed by atoms with Gasteiger partial charge in [-0.2, -0.15) is 13.2 Å². The minimum atomic E-state index is -4.82. The predicted octanol–water partition coefficient (Wildman–Crippen LogP) is 4.64. The summed E-state index contributed by atoms with van der Waals surface area (Å²) in [5.41, 5.74) is 4.16. The number of nitrogens with zero attached hydrogens (tertiary/aromatic N) is 4. The highest BCUT2D eigenvalue weighted by molar-refractivity contribution is 5.99. The van der Waals surface area contributed by atoms with Crippen molar-refractivity contribution in [2.24, 2.45) is 0 Å². The molecule has 192 valence electrons. The molecule has 1 saturated heterocycles. The van der Waals surface area contributed by atoms with Gasteiger partial charge in [-0.15, -0.1) is 0 Å². The van der Waals surface area contributed by atoms with Crippen molar-refractivity contribution in [1.82, 2.24) is 20.3 Å². The number of aromatic nitrogens is 3. The quantitative estimate of drug-likeness (QED) is 0.397. The molecule has 1 fully saturated rings. The molecule has 0 bridgehead atoms. The fourth-order valence-electron chi connectivity index (χ4n) is 5.39. The topological polar surface area (TPSA) is 89.2 Å². The van der Waals surface area contributed by atoms with E-state index in [4.69, 9.17) is 10.5 Å². The zero-order valence-electron chi connectivity index (χ0n) is 20.5. The molecule has 11 heteroatoms. The third kappa shape index (κ3) is 3.80. The largest absolute Gasteiger partial charge is 0.472 e. The standard InChI is InChI=1S/C25H28F4N6O/c1-5-6-14-21-18-23(33-10-32-21)35-9-12(3)31-8-16(35)13(4)36-24(18)34-22(14)17-19(25(27,28)29)11(2)7-15(30)20(17)26/h7,10,12-13,16,31H,5-6,8-9,30H2,1-4H3/t12?,13-,16-/m0/s1. The SMILES string of the molecule is CCCc1c(-c2c(F)c(N)cc(C)c2C(F)(F)F)nc2c3c(ncnc13)N1CC(C)NC[C@H]1[C@H](C)O2. The maximum Gasteiger partial charge on any atom is 0.417 e.